The van der Waals surface area contributed by atoms with Crippen LogP contribution in [0, 0.1) is 20.8 Å². The molecule has 1 heterocycles. The van der Waals surface area contributed by atoms with Gasteiger partial charge in [-0.25, -0.2) is 0 Å². The Morgan fingerprint density at radius 1 is 1.11 bits per heavy atom. The summed E-state index contributed by atoms with van der Waals surface area (Å²) < 4.78 is 5.48. The van der Waals surface area contributed by atoms with Crippen molar-refractivity contribution in [2.24, 2.45) is 0 Å². The van der Waals surface area contributed by atoms with E-state index in [1.165, 1.54) is 0 Å². The van der Waals surface area contributed by atoms with Crippen molar-refractivity contribution in [3.63, 3.8) is 0 Å². The fraction of sp³-hybridized carbons (Fsp3) is 0.267. The highest BCUT2D eigenvalue weighted by molar-refractivity contribution is 6.07. The number of carbonyl (C=O) groups is 1. The minimum absolute atomic E-state index is 0.113. The number of aryl methyl sites for hydroxylation is 2. The molecule has 100 valence electrons. The smallest absolute Gasteiger partial charge is 0.261 e. The third kappa shape index (κ3) is 2.34. The molecule has 0 saturated heterocycles. The molecule has 0 aliphatic carbocycles. The molecule has 0 unspecified atom stereocenters. The first-order valence-corrected chi connectivity index (χ1v) is 6.05. The summed E-state index contributed by atoms with van der Waals surface area (Å²) in [4.78, 5) is 14.0. The third-order valence-electron chi connectivity index (χ3n) is 3.32. The van der Waals surface area contributed by atoms with Crippen LogP contribution in [0.2, 0.25) is 0 Å². The molecule has 0 atom stereocenters. The number of hydrogen-bond acceptors (Lipinski definition) is 3. The van der Waals surface area contributed by atoms with E-state index in [1.54, 1.807) is 43.1 Å². The Labute approximate surface area is 112 Å². The molecule has 0 bridgehead atoms. The van der Waals surface area contributed by atoms with Crippen LogP contribution in [0.1, 0.15) is 27.4 Å². The molecule has 0 spiro atoms. The Kier molecular flexibility index (Phi) is 3.34. The lowest BCUT2D eigenvalue weighted by atomic mass is 10.1. The maximum Gasteiger partial charge on any atom is 0.261 e. The number of aromatic hydroxyl groups is 1. The highest BCUT2D eigenvalue weighted by Crippen LogP contribution is 2.25. The Morgan fingerprint density at radius 3 is 2.16 bits per heavy atom. The molecule has 4 nitrogen and oxygen atoms in total. The first kappa shape index (κ1) is 13.2. The van der Waals surface area contributed by atoms with E-state index < -0.39 is 0 Å². The largest absolute Gasteiger partial charge is 0.508 e. The summed E-state index contributed by atoms with van der Waals surface area (Å²) in [6.45, 7) is 5.52. The second-order valence-corrected chi connectivity index (χ2v) is 4.60. The summed E-state index contributed by atoms with van der Waals surface area (Å²) in [5.41, 5.74) is 2.20. The molecule has 19 heavy (non-hydrogen) atoms. The second kappa shape index (κ2) is 4.80. The van der Waals surface area contributed by atoms with Gasteiger partial charge in [0.2, 0.25) is 0 Å². The quantitative estimate of drug-likeness (QED) is 0.901. The molecule has 0 aliphatic rings. The number of nitrogens with zero attached hydrogens (tertiary/aromatic N) is 1. The van der Waals surface area contributed by atoms with Crippen molar-refractivity contribution in [3.8, 4) is 5.75 Å². The Balaban J connectivity index is 2.36. The lowest BCUT2D eigenvalue weighted by Gasteiger charge is -2.17. The molecule has 0 radical (unpaired) electrons. The van der Waals surface area contributed by atoms with Gasteiger partial charge in [0.05, 0.1) is 5.56 Å². The topological polar surface area (TPSA) is 53.7 Å². The van der Waals surface area contributed by atoms with Crippen LogP contribution in [0.25, 0.3) is 0 Å². The summed E-state index contributed by atoms with van der Waals surface area (Å²) in [7, 11) is 1.70. The predicted molar refractivity (Wildman–Crippen MR) is 73.8 cm³/mol. The van der Waals surface area contributed by atoms with E-state index >= 15 is 0 Å². The normalized spacial score (nSPS) is 10.5. The lowest BCUT2D eigenvalue weighted by Crippen LogP contribution is -2.27. The van der Waals surface area contributed by atoms with Gasteiger partial charge in [-0.15, -0.1) is 0 Å². The molecule has 2 aromatic rings. The van der Waals surface area contributed by atoms with Crippen molar-refractivity contribution < 1.29 is 14.3 Å². The molecular formula is C15H17NO3. The van der Waals surface area contributed by atoms with E-state index in [0.717, 1.165) is 17.0 Å². The molecule has 1 aromatic carbocycles. The first-order chi connectivity index (χ1) is 8.91. The summed E-state index contributed by atoms with van der Waals surface area (Å²) in [6.07, 6.45) is 0. The van der Waals surface area contributed by atoms with Crippen LogP contribution in [0.4, 0.5) is 5.69 Å². The summed E-state index contributed by atoms with van der Waals surface area (Å²) in [5.74, 6) is 1.46. The zero-order chi connectivity index (χ0) is 14.2. The van der Waals surface area contributed by atoms with Gasteiger partial charge in [0, 0.05) is 18.3 Å². The minimum atomic E-state index is -0.113. The van der Waals surface area contributed by atoms with Gasteiger partial charge in [-0.3, -0.25) is 4.79 Å². The van der Waals surface area contributed by atoms with Gasteiger partial charge in [0.15, 0.2) is 0 Å². The van der Waals surface area contributed by atoms with Crippen LogP contribution in [0.15, 0.2) is 28.7 Å². The van der Waals surface area contributed by atoms with Gasteiger partial charge in [-0.05, 0) is 45.0 Å². The van der Waals surface area contributed by atoms with Gasteiger partial charge < -0.3 is 14.4 Å². The van der Waals surface area contributed by atoms with Crippen LogP contribution in [0.5, 0.6) is 5.75 Å². The van der Waals surface area contributed by atoms with Gasteiger partial charge in [-0.2, -0.15) is 0 Å². The zero-order valence-electron chi connectivity index (χ0n) is 11.5. The average molecular weight is 259 g/mol. The fourth-order valence-corrected chi connectivity index (χ4v) is 2.07. The number of amides is 1. The van der Waals surface area contributed by atoms with E-state index in [1.807, 2.05) is 13.8 Å². The van der Waals surface area contributed by atoms with Crippen LogP contribution in [-0.4, -0.2) is 18.1 Å². The number of carbonyl (C=O) groups excluding carboxylic acids is 1. The highest BCUT2D eigenvalue weighted by Gasteiger charge is 2.22. The molecule has 4 heteroatoms. The molecular weight excluding hydrogens is 242 g/mol. The SMILES string of the molecule is Cc1oc(C)c(C(=O)N(C)c2ccc(O)cc2)c1C. The van der Waals surface area contributed by atoms with Crippen LogP contribution >= 0.6 is 0 Å². The third-order valence-corrected chi connectivity index (χ3v) is 3.32. The van der Waals surface area contributed by atoms with Gasteiger partial charge in [-0.1, -0.05) is 0 Å². The second-order valence-electron chi connectivity index (χ2n) is 4.60. The fourth-order valence-electron chi connectivity index (χ4n) is 2.07. The van der Waals surface area contributed by atoms with Crippen molar-refractivity contribution in [1.82, 2.24) is 0 Å². The molecule has 0 aliphatic heterocycles. The molecule has 2 rings (SSSR count). The number of hydrogen-bond donors (Lipinski definition) is 1. The Hall–Kier alpha value is -2.23. The van der Waals surface area contributed by atoms with Crippen molar-refractivity contribution in [3.05, 3.63) is 46.9 Å². The monoisotopic (exact) mass is 259 g/mol. The summed E-state index contributed by atoms with van der Waals surface area (Å²) in [6, 6.07) is 6.51. The molecule has 1 amide bonds. The van der Waals surface area contributed by atoms with E-state index in [4.69, 9.17) is 4.42 Å². The zero-order valence-corrected chi connectivity index (χ0v) is 11.5. The average Bonchev–Trinajstić information content (AvgIpc) is 2.62. The maximum atomic E-state index is 12.5. The van der Waals surface area contributed by atoms with Gasteiger partial charge in [0.1, 0.15) is 17.3 Å². The first-order valence-electron chi connectivity index (χ1n) is 6.05. The standard InChI is InChI=1S/C15H17NO3/c1-9-10(2)19-11(3)14(9)15(18)16(4)12-5-7-13(17)8-6-12/h5-8,17H,1-4H3. The number of phenolic OH excluding ortho intramolecular Hbond substituents is 1. The Morgan fingerprint density at radius 2 is 1.68 bits per heavy atom. The lowest BCUT2D eigenvalue weighted by molar-refractivity contribution is 0.0991. The minimum Gasteiger partial charge on any atom is -0.508 e. The van der Waals surface area contributed by atoms with Crippen molar-refractivity contribution >= 4 is 11.6 Å². The van der Waals surface area contributed by atoms with E-state index in [9.17, 15) is 9.90 Å². The molecule has 1 aromatic heterocycles. The number of phenols is 1. The molecule has 1 N–H and O–H groups in total. The van der Waals surface area contributed by atoms with Crippen molar-refractivity contribution in [2.75, 3.05) is 11.9 Å². The maximum absolute atomic E-state index is 12.5. The van der Waals surface area contributed by atoms with Gasteiger partial charge >= 0.3 is 0 Å². The molecule has 0 saturated carbocycles. The van der Waals surface area contributed by atoms with E-state index in [0.29, 0.717) is 11.3 Å². The number of anilines is 1. The highest BCUT2D eigenvalue weighted by atomic mass is 16.3. The van der Waals surface area contributed by atoms with Crippen molar-refractivity contribution in [2.45, 2.75) is 20.8 Å². The number of benzene rings is 1. The van der Waals surface area contributed by atoms with Crippen LogP contribution in [-0.2, 0) is 0 Å². The number of rotatable bonds is 2. The summed E-state index contributed by atoms with van der Waals surface area (Å²) in [5, 5.41) is 9.27. The van der Waals surface area contributed by atoms with Gasteiger partial charge in [0.25, 0.3) is 5.91 Å². The van der Waals surface area contributed by atoms with E-state index in [-0.39, 0.29) is 11.7 Å². The molecule has 0 fully saturated rings. The Bertz CT molecular complexity index is 611. The predicted octanol–water partition coefficient (Wildman–Crippen LogP) is 3.19. The van der Waals surface area contributed by atoms with Crippen molar-refractivity contribution in [1.29, 1.82) is 0 Å². The van der Waals surface area contributed by atoms with Crippen LogP contribution in [0.3, 0.4) is 0 Å². The number of furan rings is 1. The van der Waals surface area contributed by atoms with Crippen LogP contribution < -0.4 is 4.90 Å². The summed E-state index contributed by atoms with van der Waals surface area (Å²) >= 11 is 0. The van der Waals surface area contributed by atoms with E-state index in [2.05, 4.69) is 0 Å².